The summed E-state index contributed by atoms with van der Waals surface area (Å²) in [5.74, 6) is 0.622. The number of benzene rings is 3. The van der Waals surface area contributed by atoms with Gasteiger partial charge in [-0.05, 0) is 91.7 Å². The summed E-state index contributed by atoms with van der Waals surface area (Å²) in [6, 6.07) is 21.0. The smallest absolute Gasteiger partial charge is 0.259 e. The van der Waals surface area contributed by atoms with Gasteiger partial charge in [0.15, 0.2) is 0 Å². The van der Waals surface area contributed by atoms with Crippen LogP contribution < -0.4 is 25.4 Å². The van der Waals surface area contributed by atoms with E-state index in [1.807, 2.05) is 36.4 Å². The molecule has 1 saturated heterocycles. The molecule has 3 aromatic carbocycles. The Bertz CT molecular complexity index is 1540. The highest BCUT2D eigenvalue weighted by Gasteiger charge is 2.22. The van der Waals surface area contributed by atoms with Crippen molar-refractivity contribution in [1.82, 2.24) is 10.3 Å². The minimum atomic E-state index is -0.487. The molecule has 1 aliphatic rings. The summed E-state index contributed by atoms with van der Waals surface area (Å²) in [7, 11) is 1.62. The molecular formula is C31H28Cl2N4O4. The van der Waals surface area contributed by atoms with E-state index < -0.39 is 11.8 Å². The van der Waals surface area contributed by atoms with Crippen molar-refractivity contribution < 1.29 is 19.1 Å². The van der Waals surface area contributed by atoms with Gasteiger partial charge in [-0.1, -0.05) is 41.4 Å². The molecule has 0 bridgehead atoms. The average molecular weight is 591 g/mol. The number of carbonyl (C=O) groups is 2. The third-order valence-electron chi connectivity index (χ3n) is 6.67. The fraction of sp³-hybridized carbons (Fsp3) is 0.194. The lowest BCUT2D eigenvalue weighted by Gasteiger charge is -2.25. The molecule has 1 fully saturated rings. The maximum atomic E-state index is 13.7. The summed E-state index contributed by atoms with van der Waals surface area (Å²) >= 11 is 12.1. The molecule has 2 heterocycles. The number of aromatic nitrogens is 1. The third-order valence-corrected chi connectivity index (χ3v) is 7.13. The molecular weight excluding hydrogens is 563 g/mol. The lowest BCUT2D eigenvalue weighted by Crippen LogP contribution is -2.34. The van der Waals surface area contributed by atoms with E-state index in [0.717, 1.165) is 42.8 Å². The Morgan fingerprint density at radius 3 is 2.24 bits per heavy atom. The average Bonchev–Trinajstić information content (AvgIpc) is 2.99. The van der Waals surface area contributed by atoms with Crippen molar-refractivity contribution in [3.05, 3.63) is 100 Å². The number of ether oxygens (including phenoxy) is 2. The molecule has 1 aliphatic heterocycles. The fourth-order valence-electron chi connectivity index (χ4n) is 4.50. The highest BCUT2D eigenvalue weighted by Crippen LogP contribution is 2.32. The van der Waals surface area contributed by atoms with Gasteiger partial charge in [-0.25, -0.2) is 4.98 Å². The molecule has 5 rings (SSSR count). The standard InChI is InChI=1S/C31H28Cl2N4O4/c1-40-23-7-2-19(3-8-23)20-4-9-25(28(16-20)41-24-12-14-34-15-13-24)30(38)36-27-10-5-21(32)17-26(27)31(39)37-29-11-6-22(33)18-35-29/h2-11,16-18,24,34H,12-15H2,1H3,(H,36,38)(H,35,37,39). The second-order valence-corrected chi connectivity index (χ2v) is 10.3. The van der Waals surface area contributed by atoms with E-state index in [2.05, 4.69) is 20.9 Å². The molecule has 8 nitrogen and oxygen atoms in total. The number of hydrogen-bond acceptors (Lipinski definition) is 6. The number of nitrogens with one attached hydrogen (secondary N) is 3. The molecule has 0 saturated carbocycles. The summed E-state index contributed by atoms with van der Waals surface area (Å²) < 4.78 is 11.7. The lowest BCUT2D eigenvalue weighted by atomic mass is 10.0. The van der Waals surface area contributed by atoms with Gasteiger partial charge in [0.05, 0.1) is 28.9 Å². The van der Waals surface area contributed by atoms with E-state index in [4.69, 9.17) is 32.7 Å². The number of pyridine rings is 1. The molecule has 10 heteroatoms. The molecule has 41 heavy (non-hydrogen) atoms. The van der Waals surface area contributed by atoms with Crippen LogP contribution in [0.1, 0.15) is 33.6 Å². The van der Waals surface area contributed by atoms with Gasteiger partial charge in [0.1, 0.15) is 23.4 Å². The Morgan fingerprint density at radius 2 is 1.54 bits per heavy atom. The number of methoxy groups -OCH3 is 1. The maximum absolute atomic E-state index is 13.7. The van der Waals surface area contributed by atoms with Gasteiger partial charge in [0, 0.05) is 11.2 Å². The normalized spacial score (nSPS) is 13.3. The summed E-state index contributed by atoms with van der Waals surface area (Å²) in [5.41, 5.74) is 2.67. The van der Waals surface area contributed by atoms with Crippen molar-refractivity contribution in [3.63, 3.8) is 0 Å². The first kappa shape index (κ1) is 28.4. The van der Waals surface area contributed by atoms with Crippen molar-refractivity contribution in [2.24, 2.45) is 0 Å². The Hall–Kier alpha value is -4.11. The molecule has 3 N–H and O–H groups in total. The Kier molecular flexibility index (Phi) is 9.04. The molecule has 2 amide bonds. The Morgan fingerprint density at radius 1 is 0.829 bits per heavy atom. The SMILES string of the molecule is COc1ccc(-c2ccc(C(=O)Nc3ccc(Cl)cc3C(=O)Nc3ccc(Cl)cn3)c(OC3CCNCC3)c2)cc1. The predicted molar refractivity (Wildman–Crippen MR) is 162 cm³/mol. The highest BCUT2D eigenvalue weighted by atomic mass is 35.5. The maximum Gasteiger partial charge on any atom is 0.259 e. The van der Waals surface area contributed by atoms with Gasteiger partial charge in [0.25, 0.3) is 11.8 Å². The topological polar surface area (TPSA) is 102 Å². The van der Waals surface area contributed by atoms with Crippen LogP contribution in [0.4, 0.5) is 11.5 Å². The summed E-state index contributed by atoms with van der Waals surface area (Å²) in [4.78, 5) is 30.9. The predicted octanol–water partition coefficient (Wildman–Crippen LogP) is 6.70. The van der Waals surface area contributed by atoms with E-state index in [-0.39, 0.29) is 17.4 Å². The molecule has 0 aliphatic carbocycles. The first-order valence-corrected chi connectivity index (χ1v) is 13.8. The number of piperidine rings is 1. The zero-order valence-electron chi connectivity index (χ0n) is 22.2. The van der Waals surface area contributed by atoms with Crippen LogP contribution in [0.25, 0.3) is 11.1 Å². The minimum Gasteiger partial charge on any atom is -0.497 e. The molecule has 0 spiro atoms. The van der Waals surface area contributed by atoms with Gasteiger partial charge in [-0.3, -0.25) is 9.59 Å². The Labute approximate surface area is 248 Å². The number of hydrogen-bond donors (Lipinski definition) is 3. The van der Waals surface area contributed by atoms with Crippen LogP contribution in [0.15, 0.2) is 79.0 Å². The van der Waals surface area contributed by atoms with Crippen molar-refractivity contribution in [3.8, 4) is 22.6 Å². The number of rotatable bonds is 8. The van der Waals surface area contributed by atoms with Crippen molar-refractivity contribution in [2.45, 2.75) is 18.9 Å². The third kappa shape index (κ3) is 7.16. The first-order chi connectivity index (χ1) is 19.9. The van der Waals surface area contributed by atoms with Gasteiger partial charge in [0.2, 0.25) is 0 Å². The lowest BCUT2D eigenvalue weighted by molar-refractivity contribution is 0.101. The highest BCUT2D eigenvalue weighted by molar-refractivity contribution is 6.31. The van der Waals surface area contributed by atoms with Crippen LogP contribution in [0.5, 0.6) is 11.5 Å². The van der Waals surface area contributed by atoms with Gasteiger partial charge in [-0.15, -0.1) is 0 Å². The zero-order valence-corrected chi connectivity index (χ0v) is 23.8. The summed E-state index contributed by atoms with van der Waals surface area (Å²) in [5, 5.41) is 9.70. The zero-order chi connectivity index (χ0) is 28.8. The van der Waals surface area contributed by atoms with Crippen LogP contribution in [0.2, 0.25) is 10.0 Å². The Balaban J connectivity index is 1.43. The summed E-state index contributed by atoms with van der Waals surface area (Å²) in [6.07, 6.45) is 3.05. The number of anilines is 2. The molecule has 1 aromatic heterocycles. The van der Waals surface area contributed by atoms with Gasteiger partial charge < -0.3 is 25.4 Å². The van der Waals surface area contributed by atoms with E-state index in [1.54, 1.807) is 37.4 Å². The molecule has 210 valence electrons. The van der Waals surface area contributed by atoms with E-state index in [0.29, 0.717) is 27.2 Å². The number of halogens is 2. The summed E-state index contributed by atoms with van der Waals surface area (Å²) in [6.45, 7) is 1.69. The second-order valence-electron chi connectivity index (χ2n) is 9.47. The number of nitrogens with zero attached hydrogens (tertiary/aromatic N) is 1. The van der Waals surface area contributed by atoms with Crippen LogP contribution in [0, 0.1) is 0 Å². The number of carbonyl (C=O) groups excluding carboxylic acids is 2. The van der Waals surface area contributed by atoms with Crippen molar-refractivity contribution >= 4 is 46.5 Å². The molecule has 0 unspecified atom stereocenters. The van der Waals surface area contributed by atoms with E-state index >= 15 is 0 Å². The van der Waals surface area contributed by atoms with Gasteiger partial charge in [-0.2, -0.15) is 0 Å². The fourth-order valence-corrected chi connectivity index (χ4v) is 4.78. The van der Waals surface area contributed by atoms with E-state index in [9.17, 15) is 9.59 Å². The van der Waals surface area contributed by atoms with Gasteiger partial charge >= 0.3 is 0 Å². The molecule has 0 radical (unpaired) electrons. The van der Waals surface area contributed by atoms with Crippen molar-refractivity contribution in [1.29, 1.82) is 0 Å². The minimum absolute atomic E-state index is 0.0299. The van der Waals surface area contributed by atoms with Crippen LogP contribution in [-0.2, 0) is 0 Å². The van der Waals surface area contributed by atoms with Crippen molar-refractivity contribution in [2.75, 3.05) is 30.8 Å². The van der Waals surface area contributed by atoms with Crippen LogP contribution in [-0.4, -0.2) is 43.1 Å². The molecule has 4 aromatic rings. The molecule has 0 atom stereocenters. The number of amides is 2. The monoisotopic (exact) mass is 590 g/mol. The quantitative estimate of drug-likeness (QED) is 0.211. The largest absolute Gasteiger partial charge is 0.497 e. The van der Waals surface area contributed by atoms with Crippen LogP contribution >= 0.6 is 23.2 Å². The first-order valence-electron chi connectivity index (χ1n) is 13.1. The van der Waals surface area contributed by atoms with Crippen LogP contribution in [0.3, 0.4) is 0 Å². The van der Waals surface area contributed by atoms with E-state index in [1.165, 1.54) is 12.3 Å². The second kappa shape index (κ2) is 13.0.